The second-order valence-corrected chi connectivity index (χ2v) is 5.77. The van der Waals surface area contributed by atoms with E-state index in [9.17, 15) is 0 Å². The van der Waals surface area contributed by atoms with Crippen molar-refractivity contribution in [2.75, 3.05) is 0 Å². The lowest BCUT2D eigenvalue weighted by Crippen LogP contribution is -1.93. The fourth-order valence-corrected chi connectivity index (χ4v) is 2.43. The third-order valence-corrected chi connectivity index (χ3v) is 3.70. The Hall–Kier alpha value is -0.540. The van der Waals surface area contributed by atoms with Gasteiger partial charge < -0.3 is 4.42 Å². The smallest absolute Gasteiger partial charge is 0.118 e. The van der Waals surface area contributed by atoms with Crippen LogP contribution in [0.2, 0.25) is 0 Å². The first-order chi connectivity index (χ1) is 7.65. The zero-order chi connectivity index (χ0) is 11.5. The Kier molecular flexibility index (Phi) is 3.87. The highest BCUT2D eigenvalue weighted by atomic mass is 79.9. The summed E-state index contributed by atoms with van der Waals surface area (Å²) in [6.07, 6.45) is 0.931. The molecular weight excluding hydrogens is 332 g/mol. The summed E-state index contributed by atoms with van der Waals surface area (Å²) in [4.78, 5) is 0.238. The molecule has 1 unspecified atom stereocenters. The van der Waals surface area contributed by atoms with E-state index in [-0.39, 0.29) is 4.83 Å². The molecule has 0 amide bonds. The first kappa shape index (κ1) is 11.9. The Morgan fingerprint density at radius 1 is 1.12 bits per heavy atom. The van der Waals surface area contributed by atoms with E-state index in [0.29, 0.717) is 0 Å². The minimum absolute atomic E-state index is 0.238. The zero-order valence-corrected chi connectivity index (χ0v) is 12.1. The molecule has 1 atom stereocenters. The molecule has 0 aliphatic carbocycles. The number of hydrogen-bond acceptors (Lipinski definition) is 1. The molecule has 0 saturated carbocycles. The Balaban J connectivity index is 2.07. The number of aryl methyl sites for hydroxylation is 1. The van der Waals surface area contributed by atoms with Crippen LogP contribution in [0.4, 0.5) is 0 Å². The molecular formula is C13H12Br2O. The van der Waals surface area contributed by atoms with Crippen molar-refractivity contribution in [3.05, 3.63) is 58.0 Å². The van der Waals surface area contributed by atoms with E-state index >= 15 is 0 Å². The quantitative estimate of drug-likeness (QED) is 0.712. The van der Waals surface area contributed by atoms with Gasteiger partial charge in [0, 0.05) is 4.47 Å². The fourth-order valence-electron chi connectivity index (χ4n) is 1.55. The number of hydrogen-bond donors (Lipinski definition) is 0. The predicted octanol–water partition coefficient (Wildman–Crippen LogP) is 5.03. The van der Waals surface area contributed by atoms with Gasteiger partial charge in [0.05, 0.1) is 4.83 Å². The van der Waals surface area contributed by atoms with Crippen LogP contribution in [0.15, 0.2) is 45.3 Å². The highest BCUT2D eigenvalue weighted by Crippen LogP contribution is 2.28. The minimum Gasteiger partial charge on any atom is -0.465 e. The van der Waals surface area contributed by atoms with E-state index in [0.717, 1.165) is 22.4 Å². The average Bonchev–Trinajstić information content (AvgIpc) is 2.68. The molecule has 3 heteroatoms. The Bertz CT molecular complexity index is 459. The summed E-state index contributed by atoms with van der Waals surface area (Å²) < 4.78 is 6.69. The molecule has 1 aromatic carbocycles. The van der Waals surface area contributed by atoms with Crippen LogP contribution in [-0.4, -0.2) is 0 Å². The summed E-state index contributed by atoms with van der Waals surface area (Å²) in [5.74, 6) is 1.94. The molecule has 0 aliphatic rings. The fraction of sp³-hybridized carbons (Fsp3) is 0.231. The Labute approximate surface area is 112 Å². The second-order valence-electron chi connectivity index (χ2n) is 3.75. The summed E-state index contributed by atoms with van der Waals surface area (Å²) >= 11 is 7.08. The lowest BCUT2D eigenvalue weighted by molar-refractivity contribution is 0.481. The van der Waals surface area contributed by atoms with Gasteiger partial charge in [-0.15, -0.1) is 0 Å². The van der Waals surface area contributed by atoms with Gasteiger partial charge >= 0.3 is 0 Å². The van der Waals surface area contributed by atoms with Crippen molar-refractivity contribution in [2.45, 2.75) is 18.2 Å². The van der Waals surface area contributed by atoms with Gasteiger partial charge in [0.15, 0.2) is 0 Å². The lowest BCUT2D eigenvalue weighted by atomic mass is 10.1. The molecule has 1 aromatic heterocycles. The van der Waals surface area contributed by atoms with Gasteiger partial charge in [-0.1, -0.05) is 44.0 Å². The van der Waals surface area contributed by atoms with Crippen molar-refractivity contribution < 1.29 is 4.42 Å². The van der Waals surface area contributed by atoms with Gasteiger partial charge in [0.25, 0.3) is 0 Å². The third kappa shape index (κ3) is 2.98. The van der Waals surface area contributed by atoms with E-state index in [2.05, 4.69) is 56.1 Å². The molecule has 0 N–H and O–H groups in total. The molecule has 0 bridgehead atoms. The number of halogens is 2. The van der Waals surface area contributed by atoms with Crippen LogP contribution in [0.1, 0.15) is 21.9 Å². The van der Waals surface area contributed by atoms with E-state index in [1.807, 2.05) is 19.1 Å². The summed E-state index contributed by atoms with van der Waals surface area (Å²) in [6, 6.07) is 12.4. The van der Waals surface area contributed by atoms with Gasteiger partial charge in [-0.25, -0.2) is 0 Å². The van der Waals surface area contributed by atoms with Crippen molar-refractivity contribution in [3.63, 3.8) is 0 Å². The largest absolute Gasteiger partial charge is 0.465 e. The van der Waals surface area contributed by atoms with Gasteiger partial charge in [-0.05, 0) is 43.2 Å². The molecule has 1 heterocycles. The number of alkyl halides is 1. The van der Waals surface area contributed by atoms with E-state index < -0.39 is 0 Å². The number of benzene rings is 1. The standard InChI is InChI=1S/C13H12Br2O/c1-9-2-7-13(16-9)12(15)8-10-3-5-11(14)6-4-10/h2-7,12H,8H2,1H3. The second kappa shape index (κ2) is 5.19. The molecule has 0 spiro atoms. The molecule has 0 radical (unpaired) electrons. The molecule has 0 fully saturated rings. The van der Waals surface area contributed by atoms with Crippen LogP contribution in [0.3, 0.4) is 0 Å². The van der Waals surface area contributed by atoms with Crippen LogP contribution in [0.25, 0.3) is 0 Å². The predicted molar refractivity (Wildman–Crippen MR) is 73.0 cm³/mol. The summed E-state index contributed by atoms with van der Waals surface area (Å²) in [6.45, 7) is 1.96. The molecule has 1 nitrogen and oxygen atoms in total. The summed E-state index contributed by atoms with van der Waals surface area (Å²) in [5.41, 5.74) is 1.29. The maximum atomic E-state index is 5.59. The van der Waals surface area contributed by atoms with Gasteiger partial charge in [-0.3, -0.25) is 0 Å². The number of furan rings is 1. The normalized spacial score (nSPS) is 12.7. The lowest BCUT2D eigenvalue weighted by Gasteiger charge is -2.07. The van der Waals surface area contributed by atoms with Crippen molar-refractivity contribution in [1.29, 1.82) is 0 Å². The molecule has 2 rings (SSSR count). The van der Waals surface area contributed by atoms with Crippen LogP contribution >= 0.6 is 31.9 Å². The number of rotatable bonds is 3. The van der Waals surface area contributed by atoms with Gasteiger partial charge in [0.2, 0.25) is 0 Å². The van der Waals surface area contributed by atoms with E-state index in [1.165, 1.54) is 5.56 Å². The molecule has 84 valence electrons. The Morgan fingerprint density at radius 2 is 1.81 bits per heavy atom. The van der Waals surface area contributed by atoms with Crippen molar-refractivity contribution >= 4 is 31.9 Å². The SMILES string of the molecule is Cc1ccc(C(Br)Cc2ccc(Br)cc2)o1. The van der Waals surface area contributed by atoms with Gasteiger partial charge in [-0.2, -0.15) is 0 Å². The first-order valence-corrected chi connectivity index (χ1v) is 6.81. The molecule has 16 heavy (non-hydrogen) atoms. The third-order valence-electron chi connectivity index (χ3n) is 2.40. The van der Waals surface area contributed by atoms with Crippen LogP contribution in [0.5, 0.6) is 0 Å². The minimum atomic E-state index is 0.238. The molecule has 0 saturated heterocycles. The summed E-state index contributed by atoms with van der Waals surface area (Å²) in [5, 5.41) is 0. The average molecular weight is 344 g/mol. The van der Waals surface area contributed by atoms with Crippen LogP contribution in [-0.2, 0) is 6.42 Å². The van der Waals surface area contributed by atoms with Crippen LogP contribution < -0.4 is 0 Å². The van der Waals surface area contributed by atoms with E-state index in [1.54, 1.807) is 0 Å². The first-order valence-electron chi connectivity index (χ1n) is 5.10. The maximum Gasteiger partial charge on any atom is 0.118 e. The zero-order valence-electron chi connectivity index (χ0n) is 8.91. The monoisotopic (exact) mass is 342 g/mol. The molecule has 2 aromatic rings. The summed E-state index contributed by atoms with van der Waals surface area (Å²) in [7, 11) is 0. The van der Waals surface area contributed by atoms with Crippen molar-refractivity contribution in [3.8, 4) is 0 Å². The topological polar surface area (TPSA) is 13.1 Å². The van der Waals surface area contributed by atoms with Crippen molar-refractivity contribution in [2.24, 2.45) is 0 Å². The highest BCUT2D eigenvalue weighted by Gasteiger charge is 2.11. The molecule has 0 aliphatic heterocycles. The van der Waals surface area contributed by atoms with Crippen molar-refractivity contribution in [1.82, 2.24) is 0 Å². The maximum absolute atomic E-state index is 5.59. The van der Waals surface area contributed by atoms with Gasteiger partial charge in [0.1, 0.15) is 11.5 Å². The Morgan fingerprint density at radius 3 is 2.38 bits per heavy atom. The van der Waals surface area contributed by atoms with Crippen LogP contribution in [0, 0.1) is 6.92 Å². The highest BCUT2D eigenvalue weighted by molar-refractivity contribution is 9.10. The van der Waals surface area contributed by atoms with E-state index in [4.69, 9.17) is 4.42 Å².